The number of para-hydroxylation sites is 1. The number of carboxylic acids is 1. The van der Waals surface area contributed by atoms with Gasteiger partial charge in [-0.15, -0.1) is 11.6 Å². The number of halogens is 1. The number of anilines is 1. The van der Waals surface area contributed by atoms with Gasteiger partial charge in [0, 0.05) is 11.9 Å². The molecule has 0 saturated carbocycles. The maximum atomic E-state index is 13.6. The number of rotatable bonds is 4. The SMILES string of the molecule is O=C(O)C1C2c3ccccc3C=CN2C(C(=O)Nc2ccccc2)C1(Cl)c1ccsc1. The molecule has 0 spiro atoms. The highest BCUT2D eigenvalue weighted by atomic mass is 35.5. The van der Waals surface area contributed by atoms with Crippen LogP contribution in [0.2, 0.25) is 0 Å². The van der Waals surface area contributed by atoms with E-state index in [4.69, 9.17) is 11.6 Å². The number of hydrogen-bond acceptors (Lipinski definition) is 4. The van der Waals surface area contributed by atoms with Gasteiger partial charge in [-0.05, 0) is 51.7 Å². The van der Waals surface area contributed by atoms with E-state index in [2.05, 4.69) is 5.32 Å². The number of thiophene rings is 1. The first-order valence-corrected chi connectivity index (χ1v) is 11.2. The molecule has 1 fully saturated rings. The lowest BCUT2D eigenvalue weighted by Gasteiger charge is -2.34. The zero-order chi connectivity index (χ0) is 21.6. The summed E-state index contributed by atoms with van der Waals surface area (Å²) in [5.41, 5.74) is 3.06. The van der Waals surface area contributed by atoms with Crippen molar-refractivity contribution in [2.45, 2.75) is 17.0 Å². The van der Waals surface area contributed by atoms with Crippen molar-refractivity contribution in [3.63, 3.8) is 0 Å². The summed E-state index contributed by atoms with van der Waals surface area (Å²) in [5, 5.41) is 17.0. The summed E-state index contributed by atoms with van der Waals surface area (Å²) >= 11 is 8.69. The molecule has 3 heterocycles. The normalized spacial score (nSPS) is 26.2. The Kier molecular flexibility index (Phi) is 4.84. The zero-order valence-corrected chi connectivity index (χ0v) is 17.9. The number of carbonyl (C=O) groups is 2. The largest absolute Gasteiger partial charge is 0.481 e. The molecule has 1 saturated heterocycles. The first kappa shape index (κ1) is 19.8. The summed E-state index contributed by atoms with van der Waals surface area (Å²) in [6, 6.07) is 17.1. The quantitative estimate of drug-likeness (QED) is 0.553. The maximum Gasteiger partial charge on any atom is 0.311 e. The van der Waals surface area contributed by atoms with E-state index in [0.29, 0.717) is 11.3 Å². The van der Waals surface area contributed by atoms with E-state index < -0.39 is 28.8 Å². The average Bonchev–Trinajstić information content (AvgIpc) is 3.39. The lowest BCUT2D eigenvalue weighted by Crippen LogP contribution is -2.48. The highest BCUT2D eigenvalue weighted by Crippen LogP contribution is 2.58. The lowest BCUT2D eigenvalue weighted by atomic mass is 9.79. The van der Waals surface area contributed by atoms with Crippen molar-refractivity contribution in [3.05, 3.63) is 94.3 Å². The topological polar surface area (TPSA) is 69.6 Å². The number of benzene rings is 2. The van der Waals surface area contributed by atoms with Crippen LogP contribution in [0.5, 0.6) is 0 Å². The highest BCUT2D eigenvalue weighted by Gasteiger charge is 2.65. The van der Waals surface area contributed by atoms with Crippen LogP contribution in [0.4, 0.5) is 5.69 Å². The van der Waals surface area contributed by atoms with Gasteiger partial charge >= 0.3 is 5.97 Å². The van der Waals surface area contributed by atoms with Crippen molar-refractivity contribution in [2.24, 2.45) is 5.92 Å². The van der Waals surface area contributed by atoms with Crippen LogP contribution in [0, 0.1) is 5.92 Å². The first-order chi connectivity index (χ1) is 15.0. The molecule has 156 valence electrons. The van der Waals surface area contributed by atoms with Crippen molar-refractivity contribution in [1.82, 2.24) is 4.90 Å². The Balaban J connectivity index is 1.68. The second-order valence-corrected chi connectivity index (χ2v) is 9.10. The minimum atomic E-state index is -1.45. The van der Waals surface area contributed by atoms with E-state index in [0.717, 1.165) is 11.1 Å². The molecule has 4 unspecified atom stereocenters. The molecule has 3 aromatic rings. The van der Waals surface area contributed by atoms with Crippen molar-refractivity contribution in [1.29, 1.82) is 0 Å². The van der Waals surface area contributed by atoms with Crippen molar-refractivity contribution in [3.8, 4) is 0 Å². The number of alkyl halides is 1. The lowest BCUT2D eigenvalue weighted by molar-refractivity contribution is -0.143. The van der Waals surface area contributed by atoms with Gasteiger partial charge in [0.1, 0.15) is 16.8 Å². The molecular formula is C24H19ClN2O3S. The smallest absolute Gasteiger partial charge is 0.311 e. The van der Waals surface area contributed by atoms with Crippen LogP contribution in [0.15, 0.2) is 77.6 Å². The molecule has 5 nitrogen and oxygen atoms in total. The number of aliphatic carboxylic acids is 1. The molecule has 2 aromatic carbocycles. The minimum Gasteiger partial charge on any atom is -0.481 e. The Morgan fingerprint density at radius 1 is 1.06 bits per heavy atom. The first-order valence-electron chi connectivity index (χ1n) is 9.86. The van der Waals surface area contributed by atoms with Gasteiger partial charge in [0.25, 0.3) is 0 Å². The summed E-state index contributed by atoms with van der Waals surface area (Å²) < 4.78 is 0. The molecule has 2 N–H and O–H groups in total. The Bertz CT molecular complexity index is 1160. The van der Waals surface area contributed by atoms with E-state index in [1.54, 1.807) is 18.3 Å². The van der Waals surface area contributed by atoms with Crippen molar-refractivity contribution >= 4 is 46.6 Å². The van der Waals surface area contributed by atoms with Crippen LogP contribution in [-0.4, -0.2) is 27.9 Å². The molecule has 5 rings (SSSR count). The highest BCUT2D eigenvalue weighted by molar-refractivity contribution is 7.08. The van der Waals surface area contributed by atoms with Crippen LogP contribution in [0.25, 0.3) is 6.08 Å². The van der Waals surface area contributed by atoms with E-state index in [-0.39, 0.29) is 5.91 Å². The van der Waals surface area contributed by atoms with Crippen LogP contribution in [0.3, 0.4) is 0 Å². The fourth-order valence-corrected chi connectivity index (χ4v) is 6.09. The molecule has 0 radical (unpaired) electrons. The van der Waals surface area contributed by atoms with Gasteiger partial charge < -0.3 is 15.3 Å². The molecule has 1 amide bonds. The second kappa shape index (κ2) is 7.55. The number of nitrogens with one attached hydrogen (secondary N) is 1. The summed E-state index contributed by atoms with van der Waals surface area (Å²) in [4.78, 5) is 26.6. The number of hydrogen-bond donors (Lipinski definition) is 2. The Morgan fingerprint density at radius 2 is 1.81 bits per heavy atom. The van der Waals surface area contributed by atoms with Crippen LogP contribution in [-0.2, 0) is 14.5 Å². The Morgan fingerprint density at radius 3 is 2.52 bits per heavy atom. The second-order valence-electron chi connectivity index (χ2n) is 7.69. The molecule has 7 heteroatoms. The molecule has 0 bridgehead atoms. The summed E-state index contributed by atoms with van der Waals surface area (Å²) in [6.45, 7) is 0. The van der Waals surface area contributed by atoms with Crippen molar-refractivity contribution in [2.75, 3.05) is 5.32 Å². The van der Waals surface area contributed by atoms with E-state index in [1.165, 1.54) is 11.3 Å². The number of carbonyl (C=O) groups excluding carboxylic acids is 1. The fraction of sp³-hybridized carbons (Fsp3) is 0.167. The third-order valence-corrected chi connectivity index (χ3v) is 7.39. The minimum absolute atomic E-state index is 0.342. The molecule has 1 aromatic heterocycles. The molecular weight excluding hydrogens is 432 g/mol. The molecule has 0 aliphatic carbocycles. The van der Waals surface area contributed by atoms with Crippen LogP contribution < -0.4 is 5.32 Å². The standard InChI is InChI=1S/C24H19ClN2O3S/c25-24(16-11-13-31-14-16)19(23(29)30)20-18-9-5-4-6-15(18)10-12-27(20)21(24)22(28)26-17-7-2-1-3-8-17/h1-14,19-21H,(H,26,28)(H,29,30). The van der Waals surface area contributed by atoms with E-state index in [1.807, 2.05) is 70.3 Å². The maximum absolute atomic E-state index is 13.6. The third kappa shape index (κ3) is 3.06. The molecule has 2 aliphatic heterocycles. The Labute approximate surface area is 188 Å². The van der Waals surface area contributed by atoms with Gasteiger partial charge in [0.05, 0.1) is 6.04 Å². The third-order valence-electron chi connectivity index (χ3n) is 6.05. The van der Waals surface area contributed by atoms with E-state index in [9.17, 15) is 14.7 Å². The molecule has 31 heavy (non-hydrogen) atoms. The number of carboxylic acid groups (broad SMARTS) is 1. The predicted octanol–water partition coefficient (Wildman–Crippen LogP) is 4.93. The van der Waals surface area contributed by atoms with Gasteiger partial charge in [0.15, 0.2) is 0 Å². The average molecular weight is 451 g/mol. The molecule has 4 atom stereocenters. The summed E-state index contributed by atoms with van der Waals surface area (Å²) in [6.07, 6.45) is 3.71. The van der Waals surface area contributed by atoms with Crippen LogP contribution >= 0.6 is 22.9 Å². The monoisotopic (exact) mass is 450 g/mol. The van der Waals surface area contributed by atoms with Gasteiger partial charge in [-0.25, -0.2) is 0 Å². The van der Waals surface area contributed by atoms with Gasteiger partial charge in [0.2, 0.25) is 5.91 Å². The van der Waals surface area contributed by atoms with E-state index >= 15 is 0 Å². The predicted molar refractivity (Wildman–Crippen MR) is 122 cm³/mol. The van der Waals surface area contributed by atoms with Crippen LogP contribution in [0.1, 0.15) is 22.7 Å². The number of fused-ring (bicyclic) bond motifs is 3. The Hall–Kier alpha value is -3.09. The number of nitrogens with zero attached hydrogens (tertiary/aromatic N) is 1. The fourth-order valence-electron chi connectivity index (χ4n) is 4.76. The van der Waals surface area contributed by atoms with Crippen molar-refractivity contribution < 1.29 is 14.7 Å². The zero-order valence-electron chi connectivity index (χ0n) is 16.3. The summed E-state index contributed by atoms with van der Waals surface area (Å²) in [5.74, 6) is -2.40. The summed E-state index contributed by atoms with van der Waals surface area (Å²) in [7, 11) is 0. The molecule has 2 aliphatic rings. The van der Waals surface area contributed by atoms with Gasteiger partial charge in [-0.2, -0.15) is 11.3 Å². The van der Waals surface area contributed by atoms with Gasteiger partial charge in [-0.3, -0.25) is 9.59 Å². The number of amides is 1. The van der Waals surface area contributed by atoms with Gasteiger partial charge in [-0.1, -0.05) is 42.5 Å².